The smallest absolute Gasteiger partial charge is 0.312 e. The SMILES string of the molecule is CN(C1CCC1)S(=O)(=O)c1ccc(O)c([N+](=O)[O-])c1. The monoisotopic (exact) mass is 286 g/mol. The number of hydrogen-bond donors (Lipinski definition) is 1. The minimum Gasteiger partial charge on any atom is -0.502 e. The first-order chi connectivity index (χ1) is 8.84. The molecule has 104 valence electrons. The van der Waals surface area contributed by atoms with E-state index in [9.17, 15) is 23.6 Å². The van der Waals surface area contributed by atoms with Gasteiger partial charge < -0.3 is 5.11 Å². The van der Waals surface area contributed by atoms with Crippen LogP contribution in [0.15, 0.2) is 23.1 Å². The summed E-state index contributed by atoms with van der Waals surface area (Å²) in [6, 6.07) is 3.05. The van der Waals surface area contributed by atoms with Crippen molar-refractivity contribution >= 4 is 15.7 Å². The van der Waals surface area contributed by atoms with Crippen LogP contribution in [0.2, 0.25) is 0 Å². The van der Waals surface area contributed by atoms with E-state index in [4.69, 9.17) is 0 Å². The summed E-state index contributed by atoms with van der Waals surface area (Å²) in [5, 5.41) is 20.0. The van der Waals surface area contributed by atoms with Crippen LogP contribution in [0.3, 0.4) is 0 Å². The van der Waals surface area contributed by atoms with E-state index in [1.54, 1.807) is 0 Å². The van der Waals surface area contributed by atoms with Crippen molar-refractivity contribution in [3.05, 3.63) is 28.3 Å². The zero-order valence-electron chi connectivity index (χ0n) is 10.3. The molecule has 1 aromatic carbocycles. The minimum absolute atomic E-state index is 0.0436. The highest BCUT2D eigenvalue weighted by atomic mass is 32.2. The Bertz CT molecular complexity index is 610. The van der Waals surface area contributed by atoms with E-state index in [1.165, 1.54) is 17.4 Å². The largest absolute Gasteiger partial charge is 0.502 e. The molecule has 0 atom stereocenters. The van der Waals surface area contributed by atoms with E-state index in [2.05, 4.69) is 0 Å². The quantitative estimate of drug-likeness (QED) is 0.667. The molecule has 19 heavy (non-hydrogen) atoms. The van der Waals surface area contributed by atoms with Crippen molar-refractivity contribution in [1.29, 1.82) is 0 Å². The first-order valence-corrected chi connectivity index (χ1v) is 7.23. The molecule has 0 spiro atoms. The van der Waals surface area contributed by atoms with E-state index in [0.717, 1.165) is 31.4 Å². The highest BCUT2D eigenvalue weighted by Crippen LogP contribution is 2.32. The van der Waals surface area contributed by atoms with Crippen LogP contribution in [0.4, 0.5) is 5.69 Å². The van der Waals surface area contributed by atoms with E-state index < -0.39 is 26.4 Å². The van der Waals surface area contributed by atoms with Crippen molar-refractivity contribution in [3.63, 3.8) is 0 Å². The van der Waals surface area contributed by atoms with Crippen molar-refractivity contribution in [2.75, 3.05) is 7.05 Å². The topological polar surface area (TPSA) is 101 Å². The Kier molecular flexibility index (Phi) is 3.46. The fourth-order valence-electron chi connectivity index (χ4n) is 1.92. The van der Waals surface area contributed by atoms with E-state index >= 15 is 0 Å². The van der Waals surface area contributed by atoms with Gasteiger partial charge in [-0.3, -0.25) is 10.1 Å². The lowest BCUT2D eigenvalue weighted by Crippen LogP contribution is -2.41. The summed E-state index contributed by atoms with van der Waals surface area (Å²) in [5.41, 5.74) is -0.608. The van der Waals surface area contributed by atoms with E-state index in [-0.39, 0.29) is 10.9 Å². The number of hydrogen-bond acceptors (Lipinski definition) is 5. The molecule has 1 saturated carbocycles. The maximum Gasteiger partial charge on any atom is 0.312 e. The fourth-order valence-corrected chi connectivity index (χ4v) is 3.36. The number of phenolic OH excluding ortho intramolecular Hbond substituents is 1. The van der Waals surface area contributed by atoms with Crippen molar-refractivity contribution in [2.24, 2.45) is 0 Å². The zero-order valence-corrected chi connectivity index (χ0v) is 11.1. The molecule has 0 unspecified atom stereocenters. The molecule has 1 aromatic rings. The van der Waals surface area contributed by atoms with Gasteiger partial charge >= 0.3 is 5.69 Å². The highest BCUT2D eigenvalue weighted by molar-refractivity contribution is 7.89. The van der Waals surface area contributed by atoms with Gasteiger partial charge in [0.05, 0.1) is 9.82 Å². The van der Waals surface area contributed by atoms with Gasteiger partial charge in [0, 0.05) is 19.2 Å². The van der Waals surface area contributed by atoms with Crippen LogP contribution in [0.5, 0.6) is 5.75 Å². The molecule has 0 radical (unpaired) electrons. The van der Waals surface area contributed by atoms with E-state index in [1.807, 2.05) is 0 Å². The van der Waals surface area contributed by atoms with Gasteiger partial charge in [-0.2, -0.15) is 4.31 Å². The predicted octanol–water partition coefficient (Wildman–Crippen LogP) is 1.47. The molecular weight excluding hydrogens is 272 g/mol. The van der Waals surface area contributed by atoms with Crippen LogP contribution in [0, 0.1) is 10.1 Å². The molecule has 2 rings (SSSR count). The minimum atomic E-state index is -3.75. The standard InChI is InChI=1S/C11H14N2O5S/c1-12(8-3-2-4-8)19(17,18)9-5-6-11(14)10(7-9)13(15)16/h5-8,14H,2-4H2,1H3. The fraction of sp³-hybridized carbons (Fsp3) is 0.455. The van der Waals surface area contributed by atoms with Gasteiger partial charge in [-0.15, -0.1) is 0 Å². The third-order valence-corrected chi connectivity index (χ3v) is 5.32. The van der Waals surface area contributed by atoms with Crippen LogP contribution in [0.1, 0.15) is 19.3 Å². The van der Waals surface area contributed by atoms with Gasteiger partial charge in [-0.05, 0) is 25.0 Å². The molecule has 0 aliphatic heterocycles. The lowest BCUT2D eigenvalue weighted by Gasteiger charge is -2.33. The summed E-state index contributed by atoms with van der Waals surface area (Å²) < 4.78 is 25.8. The Balaban J connectivity index is 2.40. The first-order valence-electron chi connectivity index (χ1n) is 5.79. The molecular formula is C11H14N2O5S. The number of aromatic hydroxyl groups is 1. The van der Waals surface area contributed by atoms with Crippen LogP contribution in [0.25, 0.3) is 0 Å². The van der Waals surface area contributed by atoms with Crippen molar-refractivity contribution in [2.45, 2.75) is 30.2 Å². The van der Waals surface area contributed by atoms with Gasteiger partial charge in [0.15, 0.2) is 5.75 Å². The number of benzene rings is 1. The molecule has 1 aliphatic rings. The van der Waals surface area contributed by atoms with Crippen LogP contribution in [-0.4, -0.2) is 35.8 Å². The van der Waals surface area contributed by atoms with Crippen LogP contribution < -0.4 is 0 Å². The molecule has 8 heteroatoms. The Labute approximate surface area is 110 Å². The van der Waals surface area contributed by atoms with Crippen molar-refractivity contribution in [1.82, 2.24) is 4.31 Å². The van der Waals surface area contributed by atoms with Gasteiger partial charge in [0.25, 0.3) is 0 Å². The summed E-state index contributed by atoms with van der Waals surface area (Å²) >= 11 is 0. The van der Waals surface area contributed by atoms with Crippen LogP contribution >= 0.6 is 0 Å². The van der Waals surface area contributed by atoms with E-state index in [0.29, 0.717) is 0 Å². The number of nitro groups is 1. The van der Waals surface area contributed by atoms with Gasteiger partial charge in [0.2, 0.25) is 10.0 Å². The molecule has 1 N–H and O–H groups in total. The summed E-state index contributed by atoms with van der Waals surface area (Å²) in [7, 11) is -2.28. The number of nitrogens with zero attached hydrogens (tertiary/aromatic N) is 2. The second-order valence-electron chi connectivity index (χ2n) is 4.51. The molecule has 7 nitrogen and oxygen atoms in total. The molecule has 0 bridgehead atoms. The molecule has 0 aromatic heterocycles. The Morgan fingerprint density at radius 3 is 2.53 bits per heavy atom. The van der Waals surface area contributed by atoms with Crippen LogP contribution in [-0.2, 0) is 10.0 Å². The average Bonchev–Trinajstić information content (AvgIpc) is 2.26. The lowest BCUT2D eigenvalue weighted by atomic mass is 9.94. The first kappa shape index (κ1) is 13.8. The lowest BCUT2D eigenvalue weighted by molar-refractivity contribution is -0.386. The molecule has 0 saturated heterocycles. The number of sulfonamides is 1. The third-order valence-electron chi connectivity index (χ3n) is 3.41. The molecule has 0 heterocycles. The van der Waals surface area contributed by atoms with Crippen molar-refractivity contribution in [3.8, 4) is 5.75 Å². The summed E-state index contributed by atoms with van der Waals surface area (Å²) in [4.78, 5) is 9.73. The van der Waals surface area contributed by atoms with Gasteiger partial charge in [-0.1, -0.05) is 6.42 Å². The summed E-state index contributed by atoms with van der Waals surface area (Å²) in [5.74, 6) is -0.546. The summed E-state index contributed by atoms with van der Waals surface area (Å²) in [6.07, 6.45) is 2.59. The molecule has 1 aliphatic carbocycles. The van der Waals surface area contributed by atoms with Gasteiger partial charge in [-0.25, -0.2) is 8.42 Å². The maximum atomic E-state index is 12.3. The maximum absolute atomic E-state index is 12.3. The Morgan fingerprint density at radius 2 is 2.05 bits per heavy atom. The Hall–Kier alpha value is -1.67. The summed E-state index contributed by atoms with van der Waals surface area (Å²) in [6.45, 7) is 0. The molecule has 0 amide bonds. The normalized spacial score (nSPS) is 16.3. The highest BCUT2D eigenvalue weighted by Gasteiger charge is 2.32. The van der Waals surface area contributed by atoms with Gasteiger partial charge in [0.1, 0.15) is 0 Å². The third kappa shape index (κ3) is 2.41. The zero-order chi connectivity index (χ0) is 14.2. The number of nitro benzene ring substituents is 1. The number of phenols is 1. The second-order valence-corrected chi connectivity index (χ2v) is 6.51. The average molecular weight is 286 g/mol. The molecule has 1 fully saturated rings. The number of rotatable bonds is 4. The Morgan fingerprint density at radius 1 is 1.42 bits per heavy atom. The second kappa shape index (κ2) is 4.78. The van der Waals surface area contributed by atoms with Crippen molar-refractivity contribution < 1.29 is 18.4 Å². The predicted molar refractivity (Wildman–Crippen MR) is 67.3 cm³/mol.